The Morgan fingerprint density at radius 2 is 0.560 bits per heavy atom. The van der Waals surface area contributed by atoms with Crippen molar-refractivity contribution in [2.24, 2.45) is 0 Å². The molecule has 0 bridgehead atoms. The lowest BCUT2D eigenvalue weighted by atomic mass is 10.00. The smallest absolute Gasteiger partial charge is 0.249 e. The summed E-state index contributed by atoms with van der Waals surface area (Å²) < 4.78 is 0. The maximum absolute atomic E-state index is 12.6. The van der Waals surface area contributed by atoms with Crippen LogP contribution in [-0.4, -0.2) is 57.3 Å². The van der Waals surface area contributed by atoms with E-state index in [4.69, 9.17) is 0 Å². The number of nitrogens with one attached hydrogen (secondary N) is 1. The molecule has 0 aromatic rings. The summed E-state index contributed by atoms with van der Waals surface area (Å²) >= 11 is 0. The van der Waals surface area contributed by atoms with E-state index in [1.807, 2.05) is 0 Å². The van der Waals surface area contributed by atoms with Crippen molar-refractivity contribution < 1.29 is 25.2 Å². The summed E-state index contributed by atoms with van der Waals surface area (Å²) in [4.78, 5) is 12.6. The predicted octanol–water partition coefficient (Wildman–Crippen LogP) is 20.5. The number of aliphatic hydroxyl groups excluding tert-OH is 4. The minimum absolute atomic E-state index is 0.358. The molecule has 75 heavy (non-hydrogen) atoms. The highest BCUT2D eigenvalue weighted by Gasteiger charge is 2.28. The number of amides is 1. The van der Waals surface area contributed by atoms with Gasteiger partial charge in [-0.1, -0.05) is 313 Å². The van der Waals surface area contributed by atoms with E-state index in [9.17, 15) is 25.2 Å². The number of unbranched alkanes of at least 4 members (excludes halogenated alkanes) is 45. The van der Waals surface area contributed by atoms with Crippen LogP contribution in [0.2, 0.25) is 0 Å². The summed E-state index contributed by atoms with van der Waals surface area (Å²) in [5, 5.41) is 44.1. The van der Waals surface area contributed by atoms with Crippen molar-refractivity contribution in [2.45, 2.75) is 379 Å². The summed E-state index contributed by atoms with van der Waals surface area (Å²) in [7, 11) is 0. The zero-order chi connectivity index (χ0) is 54.4. The molecule has 4 unspecified atom stereocenters. The molecule has 6 nitrogen and oxygen atoms in total. The van der Waals surface area contributed by atoms with Crippen LogP contribution in [0.4, 0.5) is 0 Å². The first-order chi connectivity index (χ1) is 37.0. The Bertz CT molecular complexity index is 1230. The van der Waals surface area contributed by atoms with Gasteiger partial charge >= 0.3 is 0 Å². The van der Waals surface area contributed by atoms with Crippen LogP contribution in [0.5, 0.6) is 0 Å². The normalized spacial score (nSPS) is 13.8. The monoisotopic (exact) mass is 1050 g/mol. The minimum atomic E-state index is -1.30. The summed E-state index contributed by atoms with van der Waals surface area (Å²) in [6.45, 7) is 4.08. The van der Waals surface area contributed by atoms with Crippen LogP contribution in [0, 0.1) is 0 Å². The lowest BCUT2D eigenvalue weighted by Gasteiger charge is -2.27. The first kappa shape index (κ1) is 73.3. The standard InChI is InChI=1S/C69H131NO5/c1-3-5-7-9-11-13-15-17-19-21-23-25-27-29-31-32-33-34-35-37-38-40-42-44-46-48-50-52-54-56-58-60-62-66(72)68(74)65(64-71)70-69(75)67(73)63-61-59-57-55-53-51-49-47-45-43-41-39-36-30-28-26-24-22-20-18-16-14-12-10-8-6-4-2/h30,36,38,40,46,48,54,56,65-68,71-74H,3-29,31-35,37,39,41-45,47,49-53,55,57-64H2,1-2H3,(H,70,75)/b36-30-,40-38+,48-46+,56-54+. The van der Waals surface area contributed by atoms with Gasteiger partial charge in [-0.15, -0.1) is 0 Å². The Kier molecular flexibility index (Phi) is 61.6. The molecule has 0 rings (SSSR count). The fourth-order valence-electron chi connectivity index (χ4n) is 10.5. The van der Waals surface area contributed by atoms with Crippen LogP contribution in [0.15, 0.2) is 48.6 Å². The summed E-state index contributed by atoms with van der Waals surface area (Å²) in [5.74, 6) is -0.597. The van der Waals surface area contributed by atoms with Crippen molar-refractivity contribution in [1.29, 1.82) is 0 Å². The maximum atomic E-state index is 12.6. The van der Waals surface area contributed by atoms with Gasteiger partial charge in [0.25, 0.3) is 0 Å². The summed E-state index contributed by atoms with van der Waals surface area (Å²) in [6, 6.07) is -1.01. The second-order valence-corrected chi connectivity index (χ2v) is 23.1. The molecule has 0 aromatic carbocycles. The quantitative estimate of drug-likeness (QED) is 0.0308. The molecule has 0 aliphatic rings. The van der Waals surface area contributed by atoms with E-state index in [2.05, 4.69) is 67.8 Å². The van der Waals surface area contributed by atoms with Crippen molar-refractivity contribution in [1.82, 2.24) is 5.32 Å². The molecule has 0 radical (unpaired) electrons. The lowest BCUT2D eigenvalue weighted by molar-refractivity contribution is -0.132. The second kappa shape index (κ2) is 63.1. The molecule has 0 aliphatic heterocycles. The second-order valence-electron chi connectivity index (χ2n) is 23.1. The van der Waals surface area contributed by atoms with E-state index in [0.717, 1.165) is 51.4 Å². The van der Waals surface area contributed by atoms with E-state index in [-0.39, 0.29) is 0 Å². The van der Waals surface area contributed by atoms with Crippen LogP contribution < -0.4 is 5.32 Å². The Balaban J connectivity index is 3.64. The van der Waals surface area contributed by atoms with Crippen LogP contribution >= 0.6 is 0 Å². The number of allylic oxidation sites excluding steroid dienone is 8. The highest BCUT2D eigenvalue weighted by molar-refractivity contribution is 5.80. The van der Waals surface area contributed by atoms with Gasteiger partial charge in [0.15, 0.2) is 0 Å². The van der Waals surface area contributed by atoms with E-state index in [0.29, 0.717) is 19.3 Å². The number of hydrogen-bond acceptors (Lipinski definition) is 5. The van der Waals surface area contributed by atoms with Gasteiger partial charge in [-0.05, 0) is 89.9 Å². The topological polar surface area (TPSA) is 110 Å². The Hall–Kier alpha value is -1.73. The van der Waals surface area contributed by atoms with Crippen LogP contribution in [-0.2, 0) is 4.79 Å². The predicted molar refractivity (Wildman–Crippen MR) is 330 cm³/mol. The van der Waals surface area contributed by atoms with E-state index < -0.39 is 36.9 Å². The third kappa shape index (κ3) is 56.8. The van der Waals surface area contributed by atoms with Gasteiger partial charge in [-0.25, -0.2) is 0 Å². The van der Waals surface area contributed by atoms with Gasteiger partial charge in [0.2, 0.25) is 5.91 Å². The van der Waals surface area contributed by atoms with Gasteiger partial charge in [0.1, 0.15) is 12.2 Å². The molecule has 0 saturated heterocycles. The van der Waals surface area contributed by atoms with Gasteiger partial charge in [0, 0.05) is 0 Å². The zero-order valence-corrected chi connectivity index (χ0v) is 50.3. The van der Waals surface area contributed by atoms with Gasteiger partial charge in [-0.3, -0.25) is 4.79 Å². The third-order valence-corrected chi connectivity index (χ3v) is 15.7. The molecule has 5 N–H and O–H groups in total. The molecular formula is C69H131NO5. The molecule has 442 valence electrons. The first-order valence-electron chi connectivity index (χ1n) is 33.5. The van der Waals surface area contributed by atoms with Crippen LogP contribution in [0.1, 0.15) is 354 Å². The number of carbonyl (C=O) groups excluding carboxylic acids is 1. The molecule has 0 aromatic heterocycles. The SMILES string of the molecule is CCCCCCCCCCCCCC/C=C\CCCCCCCCCCCCCC(O)C(=O)NC(CO)C(O)C(O)CCC/C=C/CC/C=C/CC/C=C/CCCCCCCCCCCCCCCCCCCCC. The van der Waals surface area contributed by atoms with Crippen molar-refractivity contribution in [3.05, 3.63) is 48.6 Å². The van der Waals surface area contributed by atoms with Crippen molar-refractivity contribution >= 4 is 5.91 Å². The zero-order valence-electron chi connectivity index (χ0n) is 50.3. The van der Waals surface area contributed by atoms with E-state index in [1.54, 1.807) is 0 Å². The summed E-state index contributed by atoms with van der Waals surface area (Å²) in [5.41, 5.74) is 0. The molecule has 0 aliphatic carbocycles. The lowest BCUT2D eigenvalue weighted by Crippen LogP contribution is -2.53. The molecular weight excluding hydrogens is 923 g/mol. The highest BCUT2D eigenvalue weighted by atomic mass is 16.3. The van der Waals surface area contributed by atoms with Gasteiger partial charge in [0.05, 0.1) is 18.8 Å². The molecule has 0 spiro atoms. The minimum Gasteiger partial charge on any atom is -0.394 e. The molecule has 4 atom stereocenters. The number of rotatable bonds is 62. The van der Waals surface area contributed by atoms with E-state index in [1.165, 1.54) is 270 Å². The molecule has 0 fully saturated rings. The number of aliphatic hydroxyl groups is 4. The maximum Gasteiger partial charge on any atom is 0.249 e. The van der Waals surface area contributed by atoms with Crippen molar-refractivity contribution in [3.63, 3.8) is 0 Å². The third-order valence-electron chi connectivity index (χ3n) is 15.7. The van der Waals surface area contributed by atoms with E-state index >= 15 is 0 Å². The average Bonchev–Trinajstić information content (AvgIpc) is 3.42. The molecule has 1 amide bonds. The van der Waals surface area contributed by atoms with Gasteiger partial charge in [-0.2, -0.15) is 0 Å². The van der Waals surface area contributed by atoms with Crippen LogP contribution in [0.25, 0.3) is 0 Å². The van der Waals surface area contributed by atoms with Crippen molar-refractivity contribution in [3.8, 4) is 0 Å². The fraction of sp³-hybridized carbons (Fsp3) is 0.870. The first-order valence-corrected chi connectivity index (χ1v) is 33.5. The van der Waals surface area contributed by atoms with Crippen molar-refractivity contribution in [2.75, 3.05) is 6.61 Å². The Labute approximate surface area is 468 Å². The largest absolute Gasteiger partial charge is 0.394 e. The average molecular weight is 1050 g/mol. The number of carbonyl (C=O) groups is 1. The fourth-order valence-corrected chi connectivity index (χ4v) is 10.5. The van der Waals surface area contributed by atoms with Gasteiger partial charge < -0.3 is 25.7 Å². The molecule has 6 heteroatoms. The molecule has 0 saturated carbocycles. The molecule has 0 heterocycles. The number of hydrogen-bond donors (Lipinski definition) is 5. The van der Waals surface area contributed by atoms with Crippen LogP contribution in [0.3, 0.4) is 0 Å². The highest BCUT2D eigenvalue weighted by Crippen LogP contribution is 2.18. The summed E-state index contributed by atoms with van der Waals surface area (Å²) in [6.07, 6.45) is 82.3. The Morgan fingerprint density at radius 1 is 0.320 bits per heavy atom. The Morgan fingerprint density at radius 3 is 0.840 bits per heavy atom.